The normalized spacial score (nSPS) is 15.8. The first-order valence-corrected chi connectivity index (χ1v) is 9.06. The van der Waals surface area contributed by atoms with Crippen molar-refractivity contribution < 1.29 is 9.59 Å². The first-order valence-electron chi connectivity index (χ1n) is 9.06. The Morgan fingerprint density at radius 1 is 1.12 bits per heavy atom. The van der Waals surface area contributed by atoms with E-state index in [-0.39, 0.29) is 17.5 Å². The minimum atomic E-state index is -0.267. The summed E-state index contributed by atoms with van der Waals surface area (Å²) in [5, 5.41) is 2.99. The third-order valence-corrected chi connectivity index (χ3v) is 4.40. The van der Waals surface area contributed by atoms with E-state index in [2.05, 4.69) is 15.3 Å². The zero-order valence-electron chi connectivity index (χ0n) is 15.9. The van der Waals surface area contributed by atoms with Crippen molar-refractivity contribution in [2.75, 3.05) is 26.2 Å². The van der Waals surface area contributed by atoms with E-state index < -0.39 is 0 Å². The van der Waals surface area contributed by atoms with Gasteiger partial charge in [0.1, 0.15) is 5.82 Å². The maximum atomic E-state index is 12.9. The smallest absolute Gasteiger partial charge is 0.317 e. The van der Waals surface area contributed by atoms with Gasteiger partial charge in [-0.1, -0.05) is 0 Å². The number of H-pyrrole nitrogens is 1. The van der Waals surface area contributed by atoms with Gasteiger partial charge in [0, 0.05) is 37.3 Å². The first-order chi connectivity index (χ1) is 12.2. The minimum absolute atomic E-state index is 0.00256. The van der Waals surface area contributed by atoms with E-state index in [9.17, 15) is 9.59 Å². The highest BCUT2D eigenvalue weighted by Crippen LogP contribution is 2.16. The molecule has 1 saturated heterocycles. The van der Waals surface area contributed by atoms with Crippen LogP contribution in [0.1, 0.15) is 43.4 Å². The lowest BCUT2D eigenvalue weighted by molar-refractivity contribution is 0.0762. The molecular weight excluding hydrogens is 330 g/mol. The number of hydrogen-bond donors (Lipinski definition) is 2. The summed E-state index contributed by atoms with van der Waals surface area (Å²) in [7, 11) is 0. The van der Waals surface area contributed by atoms with Crippen molar-refractivity contribution in [1.29, 1.82) is 0 Å². The van der Waals surface area contributed by atoms with Crippen LogP contribution in [0.2, 0.25) is 0 Å². The number of urea groups is 1. The molecule has 2 aromatic rings. The van der Waals surface area contributed by atoms with E-state index in [1.807, 2.05) is 50.8 Å². The molecule has 3 rings (SSSR count). The van der Waals surface area contributed by atoms with Gasteiger partial charge in [-0.05, 0) is 52.3 Å². The van der Waals surface area contributed by atoms with Crippen LogP contribution in [0.5, 0.6) is 0 Å². The number of carbonyl (C=O) groups is 2. The first kappa shape index (κ1) is 18.2. The van der Waals surface area contributed by atoms with Crippen molar-refractivity contribution in [3.05, 3.63) is 29.6 Å². The third kappa shape index (κ3) is 4.15. The van der Waals surface area contributed by atoms with Crippen LogP contribution in [0.4, 0.5) is 4.79 Å². The van der Waals surface area contributed by atoms with Crippen molar-refractivity contribution in [1.82, 2.24) is 25.1 Å². The Bertz CT molecular complexity index is 821. The number of aromatic amines is 1. The van der Waals surface area contributed by atoms with Crippen molar-refractivity contribution in [2.24, 2.45) is 0 Å². The fraction of sp³-hybridized carbons (Fsp3) is 0.526. The number of carbonyl (C=O) groups excluding carboxylic acids is 2. The summed E-state index contributed by atoms with van der Waals surface area (Å²) in [4.78, 5) is 36.4. The molecule has 0 spiro atoms. The minimum Gasteiger partial charge on any atom is -0.342 e. The number of nitrogens with one attached hydrogen (secondary N) is 2. The van der Waals surface area contributed by atoms with Crippen LogP contribution in [0, 0.1) is 6.92 Å². The van der Waals surface area contributed by atoms with E-state index in [1.165, 1.54) is 0 Å². The number of fused-ring (bicyclic) bond motifs is 1. The highest BCUT2D eigenvalue weighted by Gasteiger charge is 2.25. The van der Waals surface area contributed by atoms with Crippen LogP contribution in [0.15, 0.2) is 18.2 Å². The quantitative estimate of drug-likeness (QED) is 0.823. The highest BCUT2D eigenvalue weighted by atomic mass is 16.2. The maximum absolute atomic E-state index is 12.9. The molecule has 0 unspecified atom stereocenters. The molecule has 1 aliphatic rings. The number of hydrogen-bond acceptors (Lipinski definition) is 3. The molecule has 0 saturated carbocycles. The number of nitrogens with zero attached hydrogens (tertiary/aromatic N) is 3. The van der Waals surface area contributed by atoms with Gasteiger partial charge in [-0.15, -0.1) is 0 Å². The highest BCUT2D eigenvalue weighted by molar-refractivity contribution is 5.97. The Hall–Kier alpha value is -2.57. The lowest BCUT2D eigenvalue weighted by atomic mass is 10.1. The SMILES string of the molecule is Cc1nc2ccc(C(=O)N3CCCN(C(=O)NC(C)(C)C)CC3)cc2[nH]1. The zero-order valence-corrected chi connectivity index (χ0v) is 15.9. The van der Waals surface area contributed by atoms with E-state index in [0.29, 0.717) is 31.7 Å². The van der Waals surface area contributed by atoms with E-state index in [0.717, 1.165) is 23.3 Å². The van der Waals surface area contributed by atoms with E-state index in [1.54, 1.807) is 4.90 Å². The Kier molecular flexibility index (Phi) is 4.89. The van der Waals surface area contributed by atoms with Gasteiger partial charge in [0.05, 0.1) is 11.0 Å². The summed E-state index contributed by atoms with van der Waals surface area (Å²) in [6.07, 6.45) is 0.773. The average Bonchev–Trinajstić information content (AvgIpc) is 2.76. The average molecular weight is 357 g/mol. The van der Waals surface area contributed by atoms with Crippen molar-refractivity contribution in [2.45, 2.75) is 39.7 Å². The van der Waals surface area contributed by atoms with E-state index in [4.69, 9.17) is 0 Å². The number of rotatable bonds is 1. The Balaban J connectivity index is 1.67. The second kappa shape index (κ2) is 6.97. The van der Waals surface area contributed by atoms with Gasteiger partial charge in [0.15, 0.2) is 0 Å². The topological polar surface area (TPSA) is 81.3 Å². The van der Waals surface area contributed by atoms with Crippen LogP contribution in [0.3, 0.4) is 0 Å². The fourth-order valence-corrected chi connectivity index (χ4v) is 3.18. The van der Waals surface area contributed by atoms with Crippen LogP contribution in [0.25, 0.3) is 11.0 Å². The number of aromatic nitrogens is 2. The molecule has 0 radical (unpaired) electrons. The largest absolute Gasteiger partial charge is 0.342 e. The molecule has 140 valence electrons. The van der Waals surface area contributed by atoms with Crippen LogP contribution >= 0.6 is 0 Å². The van der Waals surface area contributed by atoms with Crippen LogP contribution < -0.4 is 5.32 Å². The molecule has 2 N–H and O–H groups in total. The molecule has 1 aromatic heterocycles. The molecular formula is C19H27N5O2. The van der Waals surface area contributed by atoms with Crippen LogP contribution in [-0.2, 0) is 0 Å². The molecule has 2 heterocycles. The molecule has 0 bridgehead atoms. The molecule has 0 aliphatic carbocycles. The van der Waals surface area contributed by atoms with Gasteiger partial charge in [0.2, 0.25) is 0 Å². The number of amides is 3. The molecule has 7 heteroatoms. The lowest BCUT2D eigenvalue weighted by Crippen LogP contribution is -2.49. The second-order valence-electron chi connectivity index (χ2n) is 7.87. The summed E-state index contributed by atoms with van der Waals surface area (Å²) >= 11 is 0. The molecule has 0 atom stereocenters. The third-order valence-electron chi connectivity index (χ3n) is 4.40. The predicted molar refractivity (Wildman–Crippen MR) is 101 cm³/mol. The van der Waals surface area contributed by atoms with Crippen molar-refractivity contribution in [3.8, 4) is 0 Å². The summed E-state index contributed by atoms with van der Waals surface area (Å²) in [5.41, 5.74) is 2.11. The van der Waals surface area contributed by atoms with Crippen LogP contribution in [-0.4, -0.2) is 63.4 Å². The van der Waals surface area contributed by atoms with Crippen molar-refractivity contribution >= 4 is 23.0 Å². The van der Waals surface area contributed by atoms with Crippen molar-refractivity contribution in [3.63, 3.8) is 0 Å². The number of aryl methyl sites for hydroxylation is 1. The summed E-state index contributed by atoms with van der Waals surface area (Å²) in [6, 6.07) is 5.47. The molecule has 1 aliphatic heterocycles. The van der Waals surface area contributed by atoms with Gasteiger partial charge >= 0.3 is 6.03 Å². The van der Waals surface area contributed by atoms with Gasteiger partial charge < -0.3 is 20.1 Å². The molecule has 1 fully saturated rings. The Morgan fingerprint density at radius 2 is 1.81 bits per heavy atom. The van der Waals surface area contributed by atoms with Gasteiger partial charge in [-0.2, -0.15) is 0 Å². The number of benzene rings is 1. The fourth-order valence-electron chi connectivity index (χ4n) is 3.18. The lowest BCUT2D eigenvalue weighted by Gasteiger charge is -2.27. The molecule has 7 nitrogen and oxygen atoms in total. The number of imidazole rings is 1. The summed E-state index contributed by atoms with van der Waals surface area (Å²) in [6.45, 7) is 10.2. The molecule has 3 amide bonds. The van der Waals surface area contributed by atoms with Gasteiger partial charge in [0.25, 0.3) is 5.91 Å². The Morgan fingerprint density at radius 3 is 2.54 bits per heavy atom. The summed E-state index contributed by atoms with van der Waals surface area (Å²) < 4.78 is 0. The second-order valence-corrected chi connectivity index (χ2v) is 7.87. The zero-order chi connectivity index (χ0) is 18.9. The molecule has 26 heavy (non-hydrogen) atoms. The molecule has 1 aromatic carbocycles. The predicted octanol–water partition coefficient (Wildman–Crippen LogP) is 2.53. The van der Waals surface area contributed by atoms with E-state index >= 15 is 0 Å². The van der Waals surface area contributed by atoms with Gasteiger partial charge in [-0.25, -0.2) is 9.78 Å². The maximum Gasteiger partial charge on any atom is 0.317 e. The Labute approximate surface area is 153 Å². The monoisotopic (exact) mass is 357 g/mol. The summed E-state index contributed by atoms with van der Waals surface area (Å²) in [5.74, 6) is 0.831. The standard InChI is InChI=1S/C19H27N5O2/c1-13-20-15-7-6-14(12-16(15)21-13)17(25)23-8-5-9-24(11-10-23)18(26)22-19(2,3)4/h6-7,12H,5,8-11H2,1-4H3,(H,20,21)(H,22,26). The van der Waals surface area contributed by atoms with Gasteiger partial charge in [-0.3, -0.25) is 4.79 Å².